The fraction of sp³-hybridized carbons (Fsp3) is 0.533. The molecule has 0 bridgehead atoms. The maximum Gasteiger partial charge on any atom is 0.242 e. The number of carbonyl (C=O) groups is 1. The number of nitrogens with zero attached hydrogens (tertiary/aromatic N) is 3. The van der Waals surface area contributed by atoms with Gasteiger partial charge in [-0.05, 0) is 30.9 Å². The van der Waals surface area contributed by atoms with Crippen molar-refractivity contribution in [2.24, 2.45) is 0 Å². The Bertz CT molecular complexity index is 586. The van der Waals surface area contributed by atoms with Crippen molar-refractivity contribution in [1.82, 2.24) is 15.2 Å². The zero-order chi connectivity index (χ0) is 14.7. The Labute approximate surface area is 124 Å². The van der Waals surface area contributed by atoms with E-state index in [0.717, 1.165) is 51.1 Å². The van der Waals surface area contributed by atoms with Crippen LogP contribution in [0.5, 0.6) is 0 Å². The molecule has 21 heavy (non-hydrogen) atoms. The second-order valence-corrected chi connectivity index (χ2v) is 5.44. The van der Waals surface area contributed by atoms with E-state index in [2.05, 4.69) is 21.7 Å². The summed E-state index contributed by atoms with van der Waals surface area (Å²) in [6, 6.07) is 4.08. The Hall–Kier alpha value is -2.13. The van der Waals surface area contributed by atoms with Crippen LogP contribution in [0.1, 0.15) is 23.2 Å². The lowest BCUT2D eigenvalue weighted by molar-refractivity contribution is -0.129. The molecule has 1 fully saturated rings. The molecule has 1 aromatic rings. The van der Waals surface area contributed by atoms with Crippen LogP contribution in [0.3, 0.4) is 0 Å². The smallest absolute Gasteiger partial charge is 0.242 e. The summed E-state index contributed by atoms with van der Waals surface area (Å²) in [4.78, 5) is 18.5. The highest BCUT2D eigenvalue weighted by Crippen LogP contribution is 2.24. The first-order chi connectivity index (χ1) is 10.3. The Morgan fingerprint density at radius 2 is 2.24 bits per heavy atom. The van der Waals surface area contributed by atoms with Crippen molar-refractivity contribution < 1.29 is 4.79 Å². The Kier molecular flexibility index (Phi) is 4.02. The lowest BCUT2D eigenvalue weighted by Gasteiger charge is -2.27. The summed E-state index contributed by atoms with van der Waals surface area (Å²) in [6.45, 7) is 3.35. The van der Waals surface area contributed by atoms with Crippen molar-refractivity contribution in [1.29, 1.82) is 5.26 Å². The van der Waals surface area contributed by atoms with Crippen molar-refractivity contribution in [3.8, 4) is 6.07 Å². The third kappa shape index (κ3) is 2.98. The van der Waals surface area contributed by atoms with Gasteiger partial charge in [-0.1, -0.05) is 0 Å². The minimum absolute atomic E-state index is 0.0580. The summed E-state index contributed by atoms with van der Waals surface area (Å²) in [6.07, 6.45) is 3.05. The van der Waals surface area contributed by atoms with Gasteiger partial charge in [-0.3, -0.25) is 4.79 Å². The Morgan fingerprint density at radius 3 is 3.00 bits per heavy atom. The van der Waals surface area contributed by atoms with E-state index >= 15 is 0 Å². The van der Waals surface area contributed by atoms with Gasteiger partial charge < -0.3 is 15.5 Å². The molecule has 2 N–H and O–H groups in total. The van der Waals surface area contributed by atoms with E-state index in [0.29, 0.717) is 11.4 Å². The summed E-state index contributed by atoms with van der Waals surface area (Å²) in [5.41, 5.74) is 2.76. The van der Waals surface area contributed by atoms with E-state index in [1.807, 2.05) is 11.0 Å². The topological polar surface area (TPSA) is 81.0 Å². The van der Waals surface area contributed by atoms with Crippen molar-refractivity contribution in [3.05, 3.63) is 22.9 Å². The molecule has 1 amide bonds. The molecular formula is C15H19N5O. The minimum atomic E-state index is 0.0580. The second kappa shape index (κ2) is 6.10. The van der Waals surface area contributed by atoms with Crippen molar-refractivity contribution in [3.63, 3.8) is 0 Å². The molecule has 2 aliphatic rings. The highest BCUT2D eigenvalue weighted by atomic mass is 16.2. The highest BCUT2D eigenvalue weighted by molar-refractivity contribution is 5.81. The number of fused-ring (bicyclic) bond motifs is 1. The normalized spacial score (nSPS) is 17.2. The number of carbonyl (C=O) groups excluding carboxylic acids is 1. The van der Waals surface area contributed by atoms with Gasteiger partial charge >= 0.3 is 0 Å². The zero-order valence-electron chi connectivity index (χ0n) is 12.0. The second-order valence-electron chi connectivity index (χ2n) is 5.44. The summed E-state index contributed by atoms with van der Waals surface area (Å²) in [5.74, 6) is 0.601. The largest absolute Gasteiger partial charge is 0.360 e. The van der Waals surface area contributed by atoms with Gasteiger partial charge in [-0.15, -0.1) is 0 Å². The van der Waals surface area contributed by atoms with Crippen LogP contribution in [0.4, 0.5) is 5.82 Å². The molecule has 1 aliphatic heterocycles. The number of rotatable bonds is 3. The Balaban J connectivity index is 1.67. The number of hydrogen-bond donors (Lipinski definition) is 2. The highest BCUT2D eigenvalue weighted by Gasteiger charge is 2.19. The maximum absolute atomic E-state index is 12.1. The van der Waals surface area contributed by atoms with E-state index in [1.54, 1.807) is 0 Å². The number of aromatic nitrogens is 1. The number of anilines is 1. The first kappa shape index (κ1) is 13.8. The van der Waals surface area contributed by atoms with E-state index in [-0.39, 0.29) is 12.5 Å². The van der Waals surface area contributed by atoms with Crippen LogP contribution in [-0.2, 0) is 17.6 Å². The van der Waals surface area contributed by atoms with E-state index < -0.39 is 0 Å². The van der Waals surface area contributed by atoms with Gasteiger partial charge in [-0.25, -0.2) is 4.98 Å². The average Bonchev–Trinajstić information content (AvgIpc) is 2.99. The molecule has 6 nitrogen and oxygen atoms in total. The molecule has 6 heteroatoms. The van der Waals surface area contributed by atoms with Gasteiger partial charge in [0, 0.05) is 31.9 Å². The van der Waals surface area contributed by atoms with Crippen molar-refractivity contribution in [2.75, 3.05) is 38.0 Å². The molecular weight excluding hydrogens is 266 g/mol. The number of nitrogens with one attached hydrogen (secondary N) is 2. The summed E-state index contributed by atoms with van der Waals surface area (Å²) in [5, 5.41) is 15.5. The predicted molar refractivity (Wildman–Crippen MR) is 78.9 cm³/mol. The number of nitriles is 1. The standard InChI is InChI=1S/C15H19N5O/c16-9-12-8-11-2-1-3-13(11)19-15(12)18-10-14(21)20-6-4-17-5-7-20/h8,17H,1-7,10H2,(H,18,19). The number of piperazine rings is 1. The van der Waals surface area contributed by atoms with Crippen LogP contribution in [0, 0.1) is 11.3 Å². The number of pyridine rings is 1. The Morgan fingerprint density at radius 1 is 1.43 bits per heavy atom. The van der Waals surface area contributed by atoms with Crippen LogP contribution in [0.15, 0.2) is 6.07 Å². The third-order valence-corrected chi connectivity index (χ3v) is 4.05. The van der Waals surface area contributed by atoms with Crippen molar-refractivity contribution >= 4 is 11.7 Å². The molecule has 3 rings (SSSR count). The quantitative estimate of drug-likeness (QED) is 0.834. The van der Waals surface area contributed by atoms with Gasteiger partial charge in [0.2, 0.25) is 5.91 Å². The number of amides is 1. The third-order valence-electron chi connectivity index (χ3n) is 4.05. The molecule has 0 aromatic carbocycles. The SMILES string of the molecule is N#Cc1cc2c(nc1NCC(=O)N1CCNCC1)CCC2. The molecule has 1 aromatic heterocycles. The number of hydrogen-bond acceptors (Lipinski definition) is 5. The molecule has 2 heterocycles. The monoisotopic (exact) mass is 285 g/mol. The maximum atomic E-state index is 12.1. The lowest BCUT2D eigenvalue weighted by Crippen LogP contribution is -2.48. The molecule has 1 saturated heterocycles. The summed E-state index contributed by atoms with van der Waals surface area (Å²) >= 11 is 0. The fourth-order valence-electron chi connectivity index (χ4n) is 2.88. The molecule has 0 unspecified atom stereocenters. The van der Waals surface area contributed by atoms with Crippen molar-refractivity contribution in [2.45, 2.75) is 19.3 Å². The zero-order valence-corrected chi connectivity index (χ0v) is 12.0. The minimum Gasteiger partial charge on any atom is -0.360 e. The first-order valence-electron chi connectivity index (χ1n) is 7.43. The fourth-order valence-corrected chi connectivity index (χ4v) is 2.88. The summed E-state index contributed by atoms with van der Waals surface area (Å²) < 4.78 is 0. The van der Waals surface area contributed by atoms with Gasteiger partial charge in [0.1, 0.15) is 11.9 Å². The lowest BCUT2D eigenvalue weighted by atomic mass is 10.1. The van der Waals surface area contributed by atoms with Gasteiger partial charge in [0.15, 0.2) is 0 Å². The molecule has 0 radical (unpaired) electrons. The van der Waals surface area contributed by atoms with E-state index in [9.17, 15) is 10.1 Å². The van der Waals surface area contributed by atoms with Gasteiger partial charge in [-0.2, -0.15) is 5.26 Å². The van der Waals surface area contributed by atoms with Gasteiger partial charge in [0.05, 0.1) is 12.1 Å². The molecule has 0 spiro atoms. The van der Waals surface area contributed by atoms with Crippen LogP contribution >= 0.6 is 0 Å². The average molecular weight is 285 g/mol. The molecule has 1 aliphatic carbocycles. The molecule has 110 valence electrons. The van der Waals surface area contributed by atoms with Crippen LogP contribution < -0.4 is 10.6 Å². The first-order valence-corrected chi connectivity index (χ1v) is 7.43. The van der Waals surface area contributed by atoms with Crippen LogP contribution in [-0.4, -0.2) is 48.5 Å². The van der Waals surface area contributed by atoms with Crippen LogP contribution in [0.2, 0.25) is 0 Å². The predicted octanol–water partition coefficient (Wildman–Crippen LogP) is 0.286. The molecule has 0 saturated carbocycles. The molecule has 0 atom stereocenters. The van der Waals surface area contributed by atoms with Crippen LogP contribution in [0.25, 0.3) is 0 Å². The summed E-state index contributed by atoms with van der Waals surface area (Å²) in [7, 11) is 0. The van der Waals surface area contributed by atoms with Gasteiger partial charge in [0.25, 0.3) is 0 Å². The van der Waals surface area contributed by atoms with E-state index in [1.165, 1.54) is 5.56 Å². The number of aryl methyl sites for hydroxylation is 2. The van der Waals surface area contributed by atoms with E-state index in [4.69, 9.17) is 0 Å².